The van der Waals surface area contributed by atoms with Gasteiger partial charge in [0.25, 0.3) is 0 Å². The molecule has 0 aromatic heterocycles. The van der Waals surface area contributed by atoms with Crippen LogP contribution in [0.3, 0.4) is 0 Å². The van der Waals surface area contributed by atoms with Crippen LogP contribution in [-0.2, 0) is 6.42 Å². The zero-order chi connectivity index (χ0) is 10.4. The highest BCUT2D eigenvalue weighted by Gasteiger charge is 2.37. The molecule has 15 heavy (non-hydrogen) atoms. The van der Waals surface area contributed by atoms with Crippen LogP contribution in [0.1, 0.15) is 17.2 Å². The van der Waals surface area contributed by atoms with Crippen molar-refractivity contribution in [2.75, 3.05) is 20.1 Å². The molecule has 2 unspecified atom stereocenters. The maximum absolute atomic E-state index is 6.06. The number of fused-ring (bicyclic) bond motifs is 3. The monoisotopic (exact) mass is 222 g/mol. The van der Waals surface area contributed by atoms with E-state index in [1.165, 1.54) is 11.1 Å². The number of rotatable bonds is 0. The molecule has 80 valence electrons. The summed E-state index contributed by atoms with van der Waals surface area (Å²) in [7, 11) is 2.20. The van der Waals surface area contributed by atoms with Crippen LogP contribution in [0.2, 0.25) is 5.02 Å². The Balaban J connectivity index is 2.04. The Bertz CT molecular complexity index is 391. The fraction of sp³-hybridized carbons (Fsp3) is 0.500. The number of likely N-dealkylation sites (N-methyl/N-ethyl adjacent to an activating group) is 1. The van der Waals surface area contributed by atoms with Crippen molar-refractivity contribution in [1.29, 1.82) is 0 Å². The van der Waals surface area contributed by atoms with Gasteiger partial charge in [-0.1, -0.05) is 17.7 Å². The Labute approximate surface area is 95.2 Å². The summed E-state index contributed by atoms with van der Waals surface area (Å²) in [6.07, 6.45) is 1.14. The van der Waals surface area contributed by atoms with Gasteiger partial charge in [0.1, 0.15) is 0 Å². The van der Waals surface area contributed by atoms with Gasteiger partial charge in [0.15, 0.2) is 0 Å². The minimum absolute atomic E-state index is 0.521. The highest BCUT2D eigenvalue weighted by Crippen LogP contribution is 2.37. The largest absolute Gasteiger partial charge is 0.310 e. The molecule has 0 amide bonds. The SMILES string of the molecule is CN1CCNC2Cc3ccc(Cl)cc3C21. The molecule has 1 aromatic rings. The summed E-state index contributed by atoms with van der Waals surface area (Å²) in [6.45, 7) is 2.21. The lowest BCUT2D eigenvalue weighted by atomic mass is 10.0. The standard InChI is InChI=1S/C12H15ClN2/c1-15-5-4-14-11-6-8-2-3-9(13)7-10(8)12(11)15/h2-3,7,11-12,14H,4-6H2,1H3. The summed E-state index contributed by atoms with van der Waals surface area (Å²) in [5.41, 5.74) is 2.87. The second-order valence-corrected chi connectivity index (χ2v) is 4.97. The molecule has 2 atom stereocenters. The van der Waals surface area contributed by atoms with Crippen LogP contribution in [0.25, 0.3) is 0 Å². The molecule has 0 bridgehead atoms. The summed E-state index contributed by atoms with van der Waals surface area (Å²) >= 11 is 6.06. The summed E-state index contributed by atoms with van der Waals surface area (Å²) < 4.78 is 0. The van der Waals surface area contributed by atoms with Gasteiger partial charge in [-0.05, 0) is 36.7 Å². The van der Waals surface area contributed by atoms with Gasteiger partial charge in [0.2, 0.25) is 0 Å². The van der Waals surface area contributed by atoms with Gasteiger partial charge in [0.05, 0.1) is 6.04 Å². The van der Waals surface area contributed by atoms with Crippen molar-refractivity contribution >= 4 is 11.6 Å². The second-order valence-electron chi connectivity index (χ2n) is 4.53. The molecule has 2 aliphatic rings. The van der Waals surface area contributed by atoms with E-state index in [2.05, 4.69) is 29.4 Å². The van der Waals surface area contributed by atoms with Crippen LogP contribution in [0.15, 0.2) is 18.2 Å². The molecular formula is C12H15ClN2. The third-order valence-electron chi connectivity index (χ3n) is 3.59. The van der Waals surface area contributed by atoms with E-state index in [-0.39, 0.29) is 0 Å². The molecule has 0 spiro atoms. The first kappa shape index (κ1) is 9.64. The third-order valence-corrected chi connectivity index (χ3v) is 3.83. The van der Waals surface area contributed by atoms with Gasteiger partial charge >= 0.3 is 0 Å². The number of nitrogens with one attached hydrogen (secondary N) is 1. The number of halogens is 1. The zero-order valence-corrected chi connectivity index (χ0v) is 9.59. The van der Waals surface area contributed by atoms with E-state index in [4.69, 9.17) is 11.6 Å². The molecule has 1 aliphatic carbocycles. The molecule has 3 rings (SSSR count). The minimum Gasteiger partial charge on any atom is -0.310 e. The normalized spacial score (nSPS) is 30.0. The van der Waals surface area contributed by atoms with Crippen molar-refractivity contribution < 1.29 is 0 Å². The van der Waals surface area contributed by atoms with Crippen LogP contribution in [0, 0.1) is 0 Å². The smallest absolute Gasteiger partial charge is 0.0505 e. The Hall–Kier alpha value is -0.570. The molecule has 3 heteroatoms. The van der Waals surface area contributed by atoms with Crippen LogP contribution < -0.4 is 5.32 Å². The fourth-order valence-corrected chi connectivity index (χ4v) is 3.07. The van der Waals surface area contributed by atoms with Gasteiger partial charge in [0, 0.05) is 24.2 Å². The first-order valence-corrected chi connectivity index (χ1v) is 5.85. The zero-order valence-electron chi connectivity index (χ0n) is 8.83. The number of benzene rings is 1. The number of hydrogen-bond donors (Lipinski definition) is 1. The van der Waals surface area contributed by atoms with Crippen molar-refractivity contribution in [3.8, 4) is 0 Å². The van der Waals surface area contributed by atoms with Crippen molar-refractivity contribution in [2.24, 2.45) is 0 Å². The van der Waals surface area contributed by atoms with Crippen LogP contribution in [-0.4, -0.2) is 31.1 Å². The van der Waals surface area contributed by atoms with Gasteiger partial charge in [-0.15, -0.1) is 0 Å². The maximum atomic E-state index is 6.06. The average molecular weight is 223 g/mol. The molecule has 1 heterocycles. The van der Waals surface area contributed by atoms with Crippen molar-refractivity contribution in [3.63, 3.8) is 0 Å². The Kier molecular flexibility index (Phi) is 2.23. The Morgan fingerprint density at radius 3 is 3.20 bits per heavy atom. The van der Waals surface area contributed by atoms with E-state index in [0.29, 0.717) is 12.1 Å². The molecule has 2 nitrogen and oxygen atoms in total. The summed E-state index contributed by atoms with van der Waals surface area (Å²) in [6, 6.07) is 7.40. The highest BCUT2D eigenvalue weighted by molar-refractivity contribution is 6.30. The molecule has 0 saturated carbocycles. The first-order valence-electron chi connectivity index (χ1n) is 5.47. The van der Waals surface area contributed by atoms with Crippen LogP contribution >= 0.6 is 11.6 Å². The molecule has 1 aromatic carbocycles. The Morgan fingerprint density at radius 2 is 2.33 bits per heavy atom. The lowest BCUT2D eigenvalue weighted by molar-refractivity contribution is 0.164. The lowest BCUT2D eigenvalue weighted by Crippen LogP contribution is -2.49. The molecule has 1 saturated heterocycles. The van der Waals surface area contributed by atoms with E-state index in [0.717, 1.165) is 24.5 Å². The second kappa shape index (κ2) is 3.48. The predicted octanol–water partition coefficient (Wildman–Crippen LogP) is 1.84. The van der Waals surface area contributed by atoms with E-state index < -0.39 is 0 Å². The molecular weight excluding hydrogens is 208 g/mol. The predicted molar refractivity (Wildman–Crippen MR) is 62.3 cm³/mol. The molecule has 0 radical (unpaired) electrons. The maximum Gasteiger partial charge on any atom is 0.0505 e. The number of hydrogen-bond acceptors (Lipinski definition) is 2. The third kappa shape index (κ3) is 1.48. The quantitative estimate of drug-likeness (QED) is 0.721. The van der Waals surface area contributed by atoms with Gasteiger partial charge in [-0.25, -0.2) is 0 Å². The van der Waals surface area contributed by atoms with Crippen molar-refractivity contribution in [3.05, 3.63) is 34.3 Å². The molecule has 1 aliphatic heterocycles. The summed E-state index contributed by atoms with van der Waals surface area (Å²) in [4.78, 5) is 2.43. The highest BCUT2D eigenvalue weighted by atomic mass is 35.5. The lowest BCUT2D eigenvalue weighted by Gasteiger charge is -2.36. The van der Waals surface area contributed by atoms with E-state index in [1.807, 2.05) is 6.07 Å². The molecule has 1 N–H and O–H groups in total. The number of nitrogens with zero attached hydrogens (tertiary/aromatic N) is 1. The molecule has 1 fully saturated rings. The van der Waals surface area contributed by atoms with Gasteiger partial charge < -0.3 is 5.32 Å². The van der Waals surface area contributed by atoms with Crippen molar-refractivity contribution in [1.82, 2.24) is 10.2 Å². The summed E-state index contributed by atoms with van der Waals surface area (Å²) in [5.74, 6) is 0. The number of piperazine rings is 1. The van der Waals surface area contributed by atoms with Crippen LogP contribution in [0.5, 0.6) is 0 Å². The van der Waals surface area contributed by atoms with Crippen LogP contribution in [0.4, 0.5) is 0 Å². The fourth-order valence-electron chi connectivity index (χ4n) is 2.89. The Morgan fingerprint density at radius 1 is 1.47 bits per heavy atom. The van der Waals surface area contributed by atoms with E-state index >= 15 is 0 Å². The topological polar surface area (TPSA) is 15.3 Å². The first-order chi connectivity index (χ1) is 7.25. The van der Waals surface area contributed by atoms with E-state index in [1.54, 1.807) is 0 Å². The minimum atomic E-state index is 0.521. The van der Waals surface area contributed by atoms with E-state index in [9.17, 15) is 0 Å². The average Bonchev–Trinajstić information content (AvgIpc) is 2.57. The van der Waals surface area contributed by atoms with Gasteiger partial charge in [-0.2, -0.15) is 0 Å². The van der Waals surface area contributed by atoms with Gasteiger partial charge in [-0.3, -0.25) is 4.90 Å². The van der Waals surface area contributed by atoms with Crippen molar-refractivity contribution in [2.45, 2.75) is 18.5 Å². The summed E-state index contributed by atoms with van der Waals surface area (Å²) in [5, 5.41) is 4.45.